The lowest BCUT2D eigenvalue weighted by molar-refractivity contribution is -0.141. The molecule has 0 amide bonds. The summed E-state index contributed by atoms with van der Waals surface area (Å²) in [6.45, 7) is 5.31. The molecule has 6 nitrogen and oxygen atoms in total. The lowest BCUT2D eigenvalue weighted by Crippen LogP contribution is -2.40. The summed E-state index contributed by atoms with van der Waals surface area (Å²) in [7, 11) is -3.45. The number of aliphatic carboxylic acids is 1. The minimum absolute atomic E-state index is 0.157. The van der Waals surface area contributed by atoms with Crippen LogP contribution in [0.1, 0.15) is 33.6 Å². The number of carboxylic acids is 1. The Kier molecular flexibility index (Phi) is 6.54. The summed E-state index contributed by atoms with van der Waals surface area (Å²) in [4.78, 5) is 10.5. The minimum Gasteiger partial charge on any atom is -0.481 e. The van der Waals surface area contributed by atoms with Crippen molar-refractivity contribution in [3.8, 4) is 0 Å². The van der Waals surface area contributed by atoms with E-state index >= 15 is 0 Å². The van der Waals surface area contributed by atoms with Gasteiger partial charge in [-0.2, -0.15) is 13.1 Å². The van der Waals surface area contributed by atoms with Crippen LogP contribution in [0.25, 0.3) is 0 Å². The van der Waals surface area contributed by atoms with E-state index in [2.05, 4.69) is 9.44 Å². The molecule has 0 radical (unpaired) electrons. The molecule has 0 aliphatic carbocycles. The lowest BCUT2D eigenvalue weighted by atomic mass is 10.1. The first-order valence-electron chi connectivity index (χ1n) is 5.24. The fraction of sp³-hybridized carbons (Fsp3) is 0.889. The van der Waals surface area contributed by atoms with E-state index in [1.807, 2.05) is 0 Å². The van der Waals surface area contributed by atoms with E-state index in [1.165, 1.54) is 0 Å². The molecule has 7 heteroatoms. The summed E-state index contributed by atoms with van der Waals surface area (Å²) in [6, 6.07) is -0.157. The second kappa shape index (κ2) is 6.82. The Labute approximate surface area is 96.6 Å². The second-order valence-corrected chi connectivity index (χ2v) is 5.58. The van der Waals surface area contributed by atoms with Gasteiger partial charge in [0.05, 0.1) is 5.92 Å². The van der Waals surface area contributed by atoms with Gasteiger partial charge in [-0.05, 0) is 26.7 Å². The van der Waals surface area contributed by atoms with Gasteiger partial charge in [0.25, 0.3) is 10.2 Å². The van der Waals surface area contributed by atoms with Crippen molar-refractivity contribution in [3.63, 3.8) is 0 Å². The Morgan fingerprint density at radius 1 is 1.31 bits per heavy atom. The van der Waals surface area contributed by atoms with Crippen molar-refractivity contribution in [2.45, 2.75) is 39.7 Å². The summed E-state index contributed by atoms with van der Waals surface area (Å²) in [5.74, 6) is -1.30. The molecule has 0 heterocycles. The van der Waals surface area contributed by atoms with Gasteiger partial charge in [0, 0.05) is 12.6 Å². The van der Waals surface area contributed by atoms with Crippen LogP contribution < -0.4 is 9.44 Å². The zero-order valence-electron chi connectivity index (χ0n) is 9.86. The third-order valence-corrected chi connectivity index (χ3v) is 3.28. The second-order valence-electron chi connectivity index (χ2n) is 4.05. The Morgan fingerprint density at radius 2 is 1.88 bits per heavy atom. The van der Waals surface area contributed by atoms with Gasteiger partial charge in [0.2, 0.25) is 0 Å². The number of carboxylic acid groups (broad SMARTS) is 1. The highest BCUT2D eigenvalue weighted by atomic mass is 32.2. The van der Waals surface area contributed by atoms with Crippen LogP contribution in [-0.2, 0) is 15.0 Å². The van der Waals surface area contributed by atoms with E-state index in [0.717, 1.165) is 0 Å². The Balaban J connectivity index is 3.78. The molecule has 0 aromatic rings. The first-order chi connectivity index (χ1) is 7.24. The maximum Gasteiger partial charge on any atom is 0.306 e. The molecule has 0 aromatic heterocycles. The van der Waals surface area contributed by atoms with Crippen molar-refractivity contribution in [3.05, 3.63) is 0 Å². The summed E-state index contributed by atoms with van der Waals surface area (Å²) < 4.78 is 27.3. The smallest absolute Gasteiger partial charge is 0.306 e. The summed E-state index contributed by atoms with van der Waals surface area (Å²) in [5, 5.41) is 8.61. The van der Waals surface area contributed by atoms with Crippen LogP contribution in [0.2, 0.25) is 0 Å². The van der Waals surface area contributed by atoms with Crippen molar-refractivity contribution < 1.29 is 18.3 Å². The van der Waals surface area contributed by atoms with E-state index in [-0.39, 0.29) is 12.6 Å². The van der Waals surface area contributed by atoms with Crippen molar-refractivity contribution in [1.82, 2.24) is 9.44 Å². The molecule has 0 aliphatic heterocycles. The van der Waals surface area contributed by atoms with Gasteiger partial charge in [-0.15, -0.1) is 0 Å². The molecule has 0 saturated heterocycles. The van der Waals surface area contributed by atoms with Crippen LogP contribution in [0.4, 0.5) is 0 Å². The average molecular weight is 252 g/mol. The Bertz CT molecular complexity index is 313. The summed E-state index contributed by atoms with van der Waals surface area (Å²) in [5.41, 5.74) is 0. The molecule has 0 spiro atoms. The van der Waals surface area contributed by atoms with Gasteiger partial charge in [0.15, 0.2) is 0 Å². The SMILES string of the molecule is CC(C)NS(=O)(=O)NCCCC(C)C(=O)O. The molecule has 0 rings (SSSR count). The maximum atomic E-state index is 11.3. The van der Waals surface area contributed by atoms with Gasteiger partial charge in [-0.25, -0.2) is 4.72 Å². The topological polar surface area (TPSA) is 95.5 Å². The first kappa shape index (κ1) is 15.3. The van der Waals surface area contributed by atoms with Gasteiger partial charge in [0.1, 0.15) is 0 Å². The molecular weight excluding hydrogens is 232 g/mol. The van der Waals surface area contributed by atoms with Crippen molar-refractivity contribution in [1.29, 1.82) is 0 Å². The zero-order valence-corrected chi connectivity index (χ0v) is 10.7. The molecule has 3 N–H and O–H groups in total. The highest BCUT2D eigenvalue weighted by Crippen LogP contribution is 2.04. The quantitative estimate of drug-likeness (QED) is 0.542. The molecular formula is C9H20N2O4S. The highest BCUT2D eigenvalue weighted by Gasteiger charge is 2.12. The van der Waals surface area contributed by atoms with E-state index in [9.17, 15) is 13.2 Å². The fourth-order valence-electron chi connectivity index (χ4n) is 1.09. The van der Waals surface area contributed by atoms with E-state index in [0.29, 0.717) is 12.8 Å². The predicted octanol–water partition coefficient (Wildman–Crippen LogP) is 0.320. The van der Waals surface area contributed by atoms with Gasteiger partial charge < -0.3 is 5.11 Å². The largest absolute Gasteiger partial charge is 0.481 e. The molecule has 96 valence electrons. The molecule has 0 aliphatic rings. The van der Waals surface area contributed by atoms with Crippen LogP contribution in [0.15, 0.2) is 0 Å². The van der Waals surface area contributed by atoms with Crippen LogP contribution in [0, 0.1) is 5.92 Å². The van der Waals surface area contributed by atoms with Gasteiger partial charge in [-0.3, -0.25) is 4.79 Å². The summed E-state index contributed by atoms with van der Waals surface area (Å²) in [6.07, 6.45) is 0.964. The van der Waals surface area contributed by atoms with Gasteiger partial charge >= 0.3 is 5.97 Å². The monoisotopic (exact) mass is 252 g/mol. The Hall–Kier alpha value is -0.660. The number of nitrogens with one attached hydrogen (secondary N) is 2. The van der Waals surface area contributed by atoms with Crippen LogP contribution in [0.5, 0.6) is 0 Å². The molecule has 0 fully saturated rings. The van der Waals surface area contributed by atoms with E-state index in [4.69, 9.17) is 5.11 Å². The minimum atomic E-state index is -3.45. The number of hydrogen-bond acceptors (Lipinski definition) is 3. The average Bonchev–Trinajstić information content (AvgIpc) is 2.09. The van der Waals surface area contributed by atoms with Crippen molar-refractivity contribution in [2.24, 2.45) is 5.92 Å². The summed E-state index contributed by atoms with van der Waals surface area (Å²) >= 11 is 0. The Morgan fingerprint density at radius 3 is 2.31 bits per heavy atom. The first-order valence-corrected chi connectivity index (χ1v) is 6.72. The van der Waals surface area contributed by atoms with E-state index in [1.54, 1.807) is 20.8 Å². The molecule has 0 saturated carbocycles. The highest BCUT2D eigenvalue weighted by molar-refractivity contribution is 7.87. The number of rotatable bonds is 8. The number of carbonyl (C=O) groups is 1. The maximum absolute atomic E-state index is 11.3. The zero-order chi connectivity index (χ0) is 12.8. The van der Waals surface area contributed by atoms with Crippen LogP contribution >= 0.6 is 0 Å². The van der Waals surface area contributed by atoms with E-state index < -0.39 is 22.1 Å². The fourth-order valence-corrected chi connectivity index (χ4v) is 2.21. The van der Waals surface area contributed by atoms with Crippen LogP contribution in [-0.4, -0.2) is 32.1 Å². The van der Waals surface area contributed by atoms with Crippen molar-refractivity contribution >= 4 is 16.2 Å². The molecule has 0 aromatic carbocycles. The molecule has 1 unspecified atom stereocenters. The standard InChI is InChI=1S/C9H20N2O4S/c1-7(2)11-16(14,15)10-6-4-5-8(3)9(12)13/h7-8,10-11H,4-6H2,1-3H3,(H,12,13). The molecule has 1 atom stereocenters. The van der Waals surface area contributed by atoms with Crippen LogP contribution in [0.3, 0.4) is 0 Å². The molecule has 0 bridgehead atoms. The normalized spacial score (nSPS) is 14.0. The van der Waals surface area contributed by atoms with Gasteiger partial charge in [-0.1, -0.05) is 6.92 Å². The third kappa shape index (κ3) is 7.61. The lowest BCUT2D eigenvalue weighted by Gasteiger charge is -2.11. The third-order valence-electron chi connectivity index (χ3n) is 1.92. The predicted molar refractivity (Wildman–Crippen MR) is 61.2 cm³/mol. The van der Waals surface area contributed by atoms with Crippen molar-refractivity contribution in [2.75, 3.05) is 6.54 Å². The molecule has 16 heavy (non-hydrogen) atoms. The number of hydrogen-bond donors (Lipinski definition) is 3.